The van der Waals surface area contributed by atoms with Crippen LogP contribution in [0.3, 0.4) is 0 Å². The topological polar surface area (TPSA) is 53.4 Å². The van der Waals surface area contributed by atoms with Crippen molar-refractivity contribution in [2.75, 3.05) is 24.4 Å². The Bertz CT molecular complexity index is 687. The standard InChI is InChI=1S/C16H19Cl2N5/c1-10(2)16-20-14(8-15(21-16)23(3)4)22-19-9-11-5-6-12(17)7-13(11)18/h5-10H,1-4H3,(H,20,21,22). The van der Waals surface area contributed by atoms with Crippen molar-refractivity contribution in [3.63, 3.8) is 0 Å². The summed E-state index contributed by atoms with van der Waals surface area (Å²) < 4.78 is 0. The van der Waals surface area contributed by atoms with Gasteiger partial charge in [0.1, 0.15) is 11.6 Å². The second kappa shape index (κ2) is 7.62. The number of nitrogens with one attached hydrogen (secondary N) is 1. The van der Waals surface area contributed by atoms with E-state index in [4.69, 9.17) is 23.2 Å². The van der Waals surface area contributed by atoms with Crippen molar-refractivity contribution in [3.05, 3.63) is 45.7 Å². The number of benzene rings is 1. The maximum Gasteiger partial charge on any atom is 0.152 e. The molecule has 122 valence electrons. The number of hydrogen-bond acceptors (Lipinski definition) is 5. The lowest BCUT2D eigenvalue weighted by atomic mass is 10.2. The molecular formula is C16H19Cl2N5. The number of nitrogens with zero attached hydrogens (tertiary/aromatic N) is 4. The van der Waals surface area contributed by atoms with E-state index in [1.165, 1.54) is 0 Å². The fourth-order valence-corrected chi connectivity index (χ4v) is 2.23. The molecule has 2 rings (SSSR count). The molecule has 0 saturated carbocycles. The van der Waals surface area contributed by atoms with E-state index in [-0.39, 0.29) is 5.92 Å². The van der Waals surface area contributed by atoms with Gasteiger partial charge in [0.15, 0.2) is 5.82 Å². The van der Waals surface area contributed by atoms with Crippen molar-refractivity contribution < 1.29 is 0 Å². The first-order chi connectivity index (χ1) is 10.9. The molecule has 0 aliphatic heterocycles. The lowest BCUT2D eigenvalue weighted by Crippen LogP contribution is -2.13. The Labute approximate surface area is 146 Å². The predicted octanol–water partition coefficient (Wildman–Crippen LogP) is 4.42. The maximum absolute atomic E-state index is 6.11. The van der Waals surface area contributed by atoms with Gasteiger partial charge in [0.2, 0.25) is 0 Å². The fourth-order valence-electron chi connectivity index (χ4n) is 1.77. The number of aromatic nitrogens is 2. The summed E-state index contributed by atoms with van der Waals surface area (Å²) in [6, 6.07) is 7.09. The van der Waals surface area contributed by atoms with Gasteiger partial charge in [-0.25, -0.2) is 9.97 Å². The van der Waals surface area contributed by atoms with Crippen LogP contribution in [0.4, 0.5) is 11.6 Å². The Balaban J connectivity index is 2.20. The third-order valence-corrected chi connectivity index (χ3v) is 3.61. The van der Waals surface area contributed by atoms with Crippen LogP contribution in [0.25, 0.3) is 0 Å². The molecular weight excluding hydrogens is 333 g/mol. The number of hydrazone groups is 1. The quantitative estimate of drug-likeness (QED) is 0.639. The van der Waals surface area contributed by atoms with Crippen molar-refractivity contribution in [1.29, 1.82) is 0 Å². The summed E-state index contributed by atoms with van der Waals surface area (Å²) in [4.78, 5) is 10.9. The van der Waals surface area contributed by atoms with Crippen LogP contribution in [0.2, 0.25) is 10.0 Å². The normalized spacial score (nSPS) is 11.3. The van der Waals surface area contributed by atoms with E-state index in [1.54, 1.807) is 24.4 Å². The van der Waals surface area contributed by atoms with Crippen LogP contribution in [0.5, 0.6) is 0 Å². The largest absolute Gasteiger partial charge is 0.363 e. The van der Waals surface area contributed by atoms with Crippen molar-refractivity contribution in [2.45, 2.75) is 19.8 Å². The van der Waals surface area contributed by atoms with Crippen molar-refractivity contribution >= 4 is 41.1 Å². The van der Waals surface area contributed by atoms with Crippen LogP contribution in [-0.2, 0) is 0 Å². The smallest absolute Gasteiger partial charge is 0.152 e. The van der Waals surface area contributed by atoms with Crippen molar-refractivity contribution in [1.82, 2.24) is 9.97 Å². The van der Waals surface area contributed by atoms with Crippen molar-refractivity contribution in [3.8, 4) is 0 Å². The molecule has 0 spiro atoms. The van der Waals surface area contributed by atoms with E-state index in [0.29, 0.717) is 15.9 Å². The number of rotatable bonds is 5. The van der Waals surface area contributed by atoms with Gasteiger partial charge in [-0.2, -0.15) is 5.10 Å². The summed E-state index contributed by atoms with van der Waals surface area (Å²) >= 11 is 12.0. The first-order valence-electron chi connectivity index (χ1n) is 7.17. The van der Waals surface area contributed by atoms with Gasteiger partial charge >= 0.3 is 0 Å². The zero-order valence-electron chi connectivity index (χ0n) is 13.5. The molecule has 0 unspecified atom stereocenters. The second-order valence-electron chi connectivity index (χ2n) is 5.55. The van der Waals surface area contributed by atoms with Gasteiger partial charge in [-0.05, 0) is 12.1 Å². The lowest BCUT2D eigenvalue weighted by molar-refractivity contribution is 0.771. The molecule has 1 heterocycles. The Kier molecular flexibility index (Phi) is 5.80. The van der Waals surface area contributed by atoms with E-state index < -0.39 is 0 Å². The first-order valence-corrected chi connectivity index (χ1v) is 7.93. The molecule has 23 heavy (non-hydrogen) atoms. The van der Waals surface area contributed by atoms with Gasteiger partial charge < -0.3 is 4.90 Å². The SMILES string of the molecule is CC(C)c1nc(NN=Cc2ccc(Cl)cc2Cl)cc(N(C)C)n1. The van der Waals surface area contributed by atoms with Crippen LogP contribution in [-0.4, -0.2) is 30.3 Å². The van der Waals surface area contributed by atoms with E-state index in [9.17, 15) is 0 Å². The minimum Gasteiger partial charge on any atom is -0.363 e. The molecule has 5 nitrogen and oxygen atoms in total. The molecule has 7 heteroatoms. The molecule has 1 aromatic carbocycles. The third kappa shape index (κ3) is 4.81. The number of anilines is 2. The second-order valence-corrected chi connectivity index (χ2v) is 6.40. The van der Waals surface area contributed by atoms with Gasteiger partial charge in [-0.1, -0.05) is 43.1 Å². The number of halogens is 2. The molecule has 2 aromatic rings. The summed E-state index contributed by atoms with van der Waals surface area (Å²) in [6.45, 7) is 4.10. The van der Waals surface area contributed by atoms with Crippen LogP contribution in [0, 0.1) is 0 Å². The molecule has 0 aliphatic carbocycles. The Hall–Kier alpha value is -1.85. The first kappa shape index (κ1) is 17.5. The molecule has 0 saturated heterocycles. The van der Waals surface area contributed by atoms with Gasteiger partial charge in [0.05, 0.1) is 11.2 Å². The highest BCUT2D eigenvalue weighted by atomic mass is 35.5. The Morgan fingerprint density at radius 1 is 1.17 bits per heavy atom. The van der Waals surface area contributed by atoms with Crippen LogP contribution in [0.1, 0.15) is 31.2 Å². The molecule has 0 fully saturated rings. The van der Waals surface area contributed by atoms with Gasteiger partial charge in [0.25, 0.3) is 0 Å². The van der Waals surface area contributed by atoms with E-state index >= 15 is 0 Å². The Morgan fingerprint density at radius 2 is 1.91 bits per heavy atom. The molecule has 0 bridgehead atoms. The Morgan fingerprint density at radius 3 is 2.52 bits per heavy atom. The highest BCUT2D eigenvalue weighted by Crippen LogP contribution is 2.20. The third-order valence-electron chi connectivity index (χ3n) is 3.05. The molecule has 0 aliphatic rings. The summed E-state index contributed by atoms with van der Waals surface area (Å²) in [5, 5.41) is 5.33. The summed E-state index contributed by atoms with van der Waals surface area (Å²) in [7, 11) is 3.87. The zero-order chi connectivity index (χ0) is 17.0. The molecule has 0 amide bonds. The highest BCUT2D eigenvalue weighted by Gasteiger charge is 2.09. The van der Waals surface area contributed by atoms with E-state index in [0.717, 1.165) is 17.2 Å². The summed E-state index contributed by atoms with van der Waals surface area (Å²) in [6.07, 6.45) is 1.63. The minimum absolute atomic E-state index is 0.227. The molecule has 0 atom stereocenters. The van der Waals surface area contributed by atoms with Crippen LogP contribution >= 0.6 is 23.2 Å². The van der Waals surface area contributed by atoms with E-state index in [2.05, 4.69) is 34.3 Å². The average molecular weight is 352 g/mol. The maximum atomic E-state index is 6.11. The predicted molar refractivity (Wildman–Crippen MR) is 98.1 cm³/mol. The summed E-state index contributed by atoms with van der Waals surface area (Å²) in [5.41, 5.74) is 3.70. The zero-order valence-corrected chi connectivity index (χ0v) is 15.0. The highest BCUT2D eigenvalue weighted by molar-refractivity contribution is 6.36. The van der Waals surface area contributed by atoms with Gasteiger partial charge in [-0.15, -0.1) is 0 Å². The van der Waals surface area contributed by atoms with Crippen LogP contribution in [0.15, 0.2) is 29.4 Å². The van der Waals surface area contributed by atoms with Crippen molar-refractivity contribution in [2.24, 2.45) is 5.10 Å². The lowest BCUT2D eigenvalue weighted by Gasteiger charge is -2.15. The van der Waals surface area contributed by atoms with E-state index in [1.807, 2.05) is 25.1 Å². The average Bonchev–Trinajstić information content (AvgIpc) is 2.49. The molecule has 1 aromatic heterocycles. The molecule has 1 N–H and O–H groups in total. The monoisotopic (exact) mass is 351 g/mol. The minimum atomic E-state index is 0.227. The van der Waals surface area contributed by atoms with Gasteiger partial charge in [-0.3, -0.25) is 5.43 Å². The van der Waals surface area contributed by atoms with Gasteiger partial charge in [0, 0.05) is 36.7 Å². The summed E-state index contributed by atoms with van der Waals surface area (Å²) in [5.74, 6) is 2.45. The molecule has 0 radical (unpaired) electrons. The van der Waals surface area contributed by atoms with Crippen LogP contribution < -0.4 is 10.3 Å². The number of hydrogen-bond donors (Lipinski definition) is 1. The fraction of sp³-hybridized carbons (Fsp3) is 0.312.